The summed E-state index contributed by atoms with van der Waals surface area (Å²) in [5.74, 6) is -1.07. The van der Waals surface area contributed by atoms with E-state index in [1.54, 1.807) is 0 Å². The van der Waals surface area contributed by atoms with E-state index in [2.05, 4.69) is 19.2 Å². The SMILES string of the molecule is Cc1c(CSC(C)C)cccc1NC(=O)c1ccc(C(=O)O)o1. The molecule has 1 aromatic heterocycles. The first-order valence-electron chi connectivity index (χ1n) is 7.23. The smallest absolute Gasteiger partial charge is 0.371 e. The molecule has 23 heavy (non-hydrogen) atoms. The maximum atomic E-state index is 12.2. The summed E-state index contributed by atoms with van der Waals surface area (Å²) in [6.45, 7) is 6.24. The van der Waals surface area contributed by atoms with Gasteiger partial charge in [-0.3, -0.25) is 4.79 Å². The molecule has 0 saturated heterocycles. The number of carbonyl (C=O) groups excluding carboxylic acids is 1. The number of thioether (sulfide) groups is 1. The van der Waals surface area contributed by atoms with Gasteiger partial charge in [0.05, 0.1) is 0 Å². The van der Waals surface area contributed by atoms with Gasteiger partial charge in [0.2, 0.25) is 5.76 Å². The number of carboxylic acids is 1. The zero-order valence-corrected chi connectivity index (χ0v) is 14.1. The van der Waals surface area contributed by atoms with Gasteiger partial charge in [-0.2, -0.15) is 11.8 Å². The monoisotopic (exact) mass is 333 g/mol. The molecule has 1 heterocycles. The van der Waals surface area contributed by atoms with Crippen molar-refractivity contribution in [1.29, 1.82) is 0 Å². The van der Waals surface area contributed by atoms with Crippen LogP contribution in [0.4, 0.5) is 5.69 Å². The molecule has 0 radical (unpaired) electrons. The molecule has 122 valence electrons. The lowest BCUT2D eigenvalue weighted by molar-refractivity contribution is 0.0660. The van der Waals surface area contributed by atoms with Gasteiger partial charge < -0.3 is 14.8 Å². The Morgan fingerprint density at radius 3 is 2.52 bits per heavy atom. The molecule has 1 amide bonds. The minimum atomic E-state index is -1.20. The summed E-state index contributed by atoms with van der Waals surface area (Å²) in [7, 11) is 0. The number of furan rings is 1. The van der Waals surface area contributed by atoms with E-state index in [0.29, 0.717) is 10.9 Å². The minimum Gasteiger partial charge on any atom is -0.475 e. The highest BCUT2D eigenvalue weighted by Crippen LogP contribution is 2.25. The molecule has 2 N–H and O–H groups in total. The van der Waals surface area contributed by atoms with Gasteiger partial charge in [0.15, 0.2) is 5.76 Å². The third kappa shape index (κ3) is 4.39. The van der Waals surface area contributed by atoms with Crippen molar-refractivity contribution in [3.8, 4) is 0 Å². The molecule has 0 atom stereocenters. The van der Waals surface area contributed by atoms with Crippen molar-refractivity contribution in [1.82, 2.24) is 0 Å². The molecular formula is C17H19NO4S. The Morgan fingerprint density at radius 2 is 1.91 bits per heavy atom. The molecule has 0 saturated carbocycles. The number of carboxylic acid groups (broad SMARTS) is 1. The van der Waals surface area contributed by atoms with Crippen molar-refractivity contribution in [2.45, 2.75) is 31.8 Å². The molecule has 0 bridgehead atoms. The summed E-state index contributed by atoms with van der Waals surface area (Å²) in [4.78, 5) is 23.0. The van der Waals surface area contributed by atoms with E-state index in [9.17, 15) is 9.59 Å². The van der Waals surface area contributed by atoms with Gasteiger partial charge in [0, 0.05) is 11.4 Å². The number of hydrogen-bond acceptors (Lipinski definition) is 4. The average Bonchev–Trinajstić information content (AvgIpc) is 2.98. The molecule has 0 fully saturated rings. The first-order chi connectivity index (χ1) is 10.9. The summed E-state index contributed by atoms with van der Waals surface area (Å²) >= 11 is 1.83. The fraction of sp³-hybridized carbons (Fsp3) is 0.294. The topological polar surface area (TPSA) is 79.5 Å². The van der Waals surface area contributed by atoms with Crippen molar-refractivity contribution in [3.05, 3.63) is 53.0 Å². The Morgan fingerprint density at radius 1 is 1.22 bits per heavy atom. The second-order valence-corrected chi connectivity index (χ2v) is 6.94. The van der Waals surface area contributed by atoms with Crippen LogP contribution >= 0.6 is 11.8 Å². The predicted molar refractivity (Wildman–Crippen MR) is 91.2 cm³/mol. The predicted octanol–water partition coefficient (Wildman–Crippen LogP) is 4.18. The molecular weight excluding hydrogens is 314 g/mol. The number of nitrogens with one attached hydrogen (secondary N) is 1. The number of hydrogen-bond donors (Lipinski definition) is 2. The second kappa shape index (κ2) is 7.37. The number of benzene rings is 1. The van der Waals surface area contributed by atoms with E-state index in [-0.39, 0.29) is 11.5 Å². The molecule has 0 aliphatic carbocycles. The minimum absolute atomic E-state index is 0.0243. The summed E-state index contributed by atoms with van der Waals surface area (Å²) < 4.78 is 5.01. The van der Waals surface area contributed by atoms with Crippen LogP contribution in [0.25, 0.3) is 0 Å². The highest BCUT2D eigenvalue weighted by molar-refractivity contribution is 7.99. The van der Waals surface area contributed by atoms with Crippen molar-refractivity contribution >= 4 is 29.3 Å². The van der Waals surface area contributed by atoms with Crippen LogP contribution in [-0.4, -0.2) is 22.2 Å². The van der Waals surface area contributed by atoms with Gasteiger partial charge in [-0.25, -0.2) is 4.79 Å². The van der Waals surface area contributed by atoms with Crippen LogP contribution in [0, 0.1) is 6.92 Å². The van der Waals surface area contributed by atoms with Gasteiger partial charge >= 0.3 is 5.97 Å². The number of amides is 1. The van der Waals surface area contributed by atoms with Crippen LogP contribution in [0.3, 0.4) is 0 Å². The molecule has 2 rings (SSSR count). The van der Waals surface area contributed by atoms with Crippen LogP contribution in [0.5, 0.6) is 0 Å². The molecule has 0 spiro atoms. The van der Waals surface area contributed by atoms with Crippen LogP contribution < -0.4 is 5.32 Å². The van der Waals surface area contributed by atoms with Gasteiger partial charge in [0.25, 0.3) is 5.91 Å². The Bertz CT molecular complexity index is 721. The molecule has 0 aliphatic rings. The number of rotatable bonds is 6. The second-order valence-electron chi connectivity index (χ2n) is 5.37. The molecule has 0 aliphatic heterocycles. The molecule has 6 heteroatoms. The van der Waals surface area contributed by atoms with Crippen molar-refractivity contribution in [2.75, 3.05) is 5.32 Å². The largest absolute Gasteiger partial charge is 0.475 e. The van der Waals surface area contributed by atoms with Gasteiger partial charge in [-0.05, 0) is 41.5 Å². The van der Waals surface area contributed by atoms with Gasteiger partial charge in [-0.1, -0.05) is 26.0 Å². The first-order valence-corrected chi connectivity index (χ1v) is 8.28. The van der Waals surface area contributed by atoms with Crippen molar-refractivity contribution < 1.29 is 19.1 Å². The van der Waals surface area contributed by atoms with Crippen LogP contribution in [0.2, 0.25) is 0 Å². The lowest BCUT2D eigenvalue weighted by atomic mass is 10.1. The molecule has 2 aromatic rings. The lowest BCUT2D eigenvalue weighted by Crippen LogP contribution is -2.12. The highest BCUT2D eigenvalue weighted by Gasteiger charge is 2.16. The zero-order chi connectivity index (χ0) is 17.0. The Kier molecular flexibility index (Phi) is 5.50. The Labute approximate surface area is 139 Å². The van der Waals surface area contributed by atoms with E-state index >= 15 is 0 Å². The van der Waals surface area contributed by atoms with E-state index in [4.69, 9.17) is 9.52 Å². The Hall–Kier alpha value is -2.21. The van der Waals surface area contributed by atoms with Crippen LogP contribution in [0.15, 0.2) is 34.7 Å². The van der Waals surface area contributed by atoms with Gasteiger partial charge in [0.1, 0.15) is 0 Å². The summed E-state index contributed by atoms with van der Waals surface area (Å²) in [6, 6.07) is 8.36. The van der Waals surface area contributed by atoms with E-state index < -0.39 is 11.9 Å². The van der Waals surface area contributed by atoms with Crippen LogP contribution in [0.1, 0.15) is 46.1 Å². The van der Waals surface area contributed by atoms with Gasteiger partial charge in [-0.15, -0.1) is 0 Å². The van der Waals surface area contributed by atoms with E-state index in [1.807, 2.05) is 36.9 Å². The summed E-state index contributed by atoms with van der Waals surface area (Å²) in [5.41, 5.74) is 2.86. The van der Waals surface area contributed by atoms with Crippen molar-refractivity contribution in [3.63, 3.8) is 0 Å². The third-order valence-electron chi connectivity index (χ3n) is 3.31. The standard InChI is InChI=1S/C17H19NO4S/c1-10(2)23-9-12-5-4-6-13(11(12)3)18-16(19)14-7-8-15(22-14)17(20)21/h4-8,10H,9H2,1-3H3,(H,18,19)(H,20,21). The normalized spacial score (nSPS) is 10.8. The molecule has 0 unspecified atom stereocenters. The first kappa shape index (κ1) is 17.1. The highest BCUT2D eigenvalue weighted by atomic mass is 32.2. The maximum absolute atomic E-state index is 12.2. The van der Waals surface area contributed by atoms with Crippen LogP contribution in [-0.2, 0) is 5.75 Å². The average molecular weight is 333 g/mol. The fourth-order valence-corrected chi connectivity index (χ4v) is 2.82. The fourth-order valence-electron chi connectivity index (χ4n) is 1.99. The molecule has 5 nitrogen and oxygen atoms in total. The summed E-state index contributed by atoms with van der Waals surface area (Å²) in [6.07, 6.45) is 0. The third-order valence-corrected chi connectivity index (χ3v) is 4.45. The zero-order valence-electron chi connectivity index (χ0n) is 13.3. The molecule has 1 aromatic carbocycles. The van der Waals surface area contributed by atoms with E-state index in [0.717, 1.165) is 16.9 Å². The Balaban J connectivity index is 2.14. The number of anilines is 1. The maximum Gasteiger partial charge on any atom is 0.371 e. The quantitative estimate of drug-likeness (QED) is 0.829. The van der Waals surface area contributed by atoms with Crippen molar-refractivity contribution in [2.24, 2.45) is 0 Å². The lowest BCUT2D eigenvalue weighted by Gasteiger charge is -2.12. The van der Waals surface area contributed by atoms with E-state index in [1.165, 1.54) is 12.1 Å². The number of aromatic carboxylic acids is 1. The summed E-state index contributed by atoms with van der Waals surface area (Å²) in [5, 5.41) is 12.1. The number of carbonyl (C=O) groups is 2.